The number of alkyl halides is 6. The van der Waals surface area contributed by atoms with Crippen LogP contribution in [0.1, 0.15) is 24.8 Å². The third-order valence-corrected chi connectivity index (χ3v) is 6.26. The summed E-state index contributed by atoms with van der Waals surface area (Å²) >= 11 is 3.72. The molecule has 0 amide bonds. The Morgan fingerprint density at radius 1 is 1.11 bits per heavy atom. The van der Waals surface area contributed by atoms with E-state index in [2.05, 4.69) is 0 Å². The van der Waals surface area contributed by atoms with Crippen LogP contribution in [-0.2, 0) is 21.5 Å². The molecule has 13 heteroatoms. The molecule has 2 rings (SSSR count). The molecule has 1 aromatic rings. The molecule has 0 atom stereocenters. The van der Waals surface area contributed by atoms with Gasteiger partial charge in [-0.25, -0.2) is 8.42 Å². The van der Waals surface area contributed by atoms with Crippen LogP contribution >= 0.6 is 11.8 Å². The van der Waals surface area contributed by atoms with Crippen molar-refractivity contribution in [3.05, 3.63) is 29.8 Å². The Kier molecular flexibility index (Phi) is 9.50. The molecule has 0 aromatic heterocycles. The van der Waals surface area contributed by atoms with Crippen LogP contribution in [0.15, 0.2) is 24.3 Å². The van der Waals surface area contributed by atoms with Crippen LogP contribution in [0.4, 0.5) is 26.3 Å². The van der Waals surface area contributed by atoms with Gasteiger partial charge >= 0.3 is 11.7 Å². The van der Waals surface area contributed by atoms with Crippen molar-refractivity contribution in [2.75, 3.05) is 18.1 Å². The lowest BCUT2D eigenvalue weighted by molar-refractivity contribution is -0.136. The summed E-state index contributed by atoms with van der Waals surface area (Å²) in [5.74, 6) is 2.93. The molecule has 0 saturated heterocycles. The van der Waals surface area contributed by atoms with Crippen LogP contribution in [0.5, 0.6) is 5.75 Å². The fraction of sp³-hybridized carbons (Fsp3) is 0.533. The Bertz CT molecular complexity index is 743. The molecule has 0 bridgehead atoms. The summed E-state index contributed by atoms with van der Waals surface area (Å²) in [5, 5.41) is 0. The normalized spacial score (nSPS) is 15.3. The van der Waals surface area contributed by atoms with E-state index in [-0.39, 0.29) is 13.0 Å². The minimum absolute atomic E-state index is 0.00562. The first-order valence-corrected chi connectivity index (χ1v) is 11.1. The number of rotatable bonds is 5. The van der Waals surface area contributed by atoms with Gasteiger partial charge in [0.1, 0.15) is 5.75 Å². The van der Waals surface area contributed by atoms with Crippen molar-refractivity contribution in [3.63, 3.8) is 0 Å². The zero-order valence-electron chi connectivity index (χ0n) is 14.2. The topological polar surface area (TPSA) is 66.4 Å². The molecule has 160 valence electrons. The van der Waals surface area contributed by atoms with Crippen molar-refractivity contribution in [1.82, 2.24) is 0 Å². The highest BCUT2D eigenvalue weighted by molar-refractivity contribution is 8.23. The SMILES string of the molecule is FC(F)(F)CCCOc1ccc(C2=[S+]CCCS2)cc1.O=S(=O)([O-])C(F)(F)F. The largest absolute Gasteiger partial charge is 0.741 e. The summed E-state index contributed by atoms with van der Waals surface area (Å²) in [5.41, 5.74) is -4.48. The molecule has 1 heterocycles. The Balaban J connectivity index is 0.000000416. The van der Waals surface area contributed by atoms with Gasteiger partial charge in [0, 0.05) is 24.2 Å². The smallest absolute Gasteiger partial charge is 0.485 e. The second-order valence-corrected chi connectivity index (χ2v) is 9.17. The highest BCUT2D eigenvalue weighted by Gasteiger charge is 2.36. The molecular weight excluding hydrogens is 454 g/mol. The van der Waals surface area contributed by atoms with Gasteiger partial charge in [-0.1, -0.05) is 11.8 Å². The highest BCUT2D eigenvalue weighted by Crippen LogP contribution is 2.23. The Morgan fingerprint density at radius 3 is 2.11 bits per heavy atom. The van der Waals surface area contributed by atoms with Crippen molar-refractivity contribution < 1.29 is 44.0 Å². The number of benzene rings is 1. The molecule has 28 heavy (non-hydrogen) atoms. The van der Waals surface area contributed by atoms with Crippen molar-refractivity contribution in [2.24, 2.45) is 0 Å². The van der Waals surface area contributed by atoms with Crippen LogP contribution in [-0.4, -0.2) is 47.0 Å². The minimum Gasteiger partial charge on any atom is -0.741 e. The molecular formula is C15H16F6O4S3. The van der Waals surface area contributed by atoms with E-state index in [0.717, 1.165) is 11.5 Å². The van der Waals surface area contributed by atoms with E-state index in [1.165, 1.54) is 16.2 Å². The summed E-state index contributed by atoms with van der Waals surface area (Å²) < 4.78 is 101. The average Bonchev–Trinajstić information content (AvgIpc) is 2.58. The first kappa shape index (κ1) is 25.0. The summed E-state index contributed by atoms with van der Waals surface area (Å²) in [4.78, 5) is 0. The Labute approximate surface area is 166 Å². The summed E-state index contributed by atoms with van der Waals surface area (Å²) in [6.07, 6.45) is -3.66. The number of halogens is 6. The lowest BCUT2D eigenvalue weighted by Crippen LogP contribution is -2.21. The van der Waals surface area contributed by atoms with E-state index in [0.29, 0.717) is 5.75 Å². The third kappa shape index (κ3) is 9.94. The quantitative estimate of drug-likeness (QED) is 0.162. The van der Waals surface area contributed by atoms with Crippen LogP contribution in [0.3, 0.4) is 0 Å². The maximum Gasteiger partial charge on any atom is 0.485 e. The van der Waals surface area contributed by atoms with E-state index in [1.54, 1.807) is 0 Å². The second kappa shape index (κ2) is 10.6. The number of hydrogen-bond acceptors (Lipinski definition) is 5. The predicted molar refractivity (Wildman–Crippen MR) is 96.4 cm³/mol. The minimum atomic E-state index is -6.09. The molecule has 1 aliphatic rings. The average molecular weight is 470 g/mol. The molecule has 0 fully saturated rings. The lowest BCUT2D eigenvalue weighted by Gasteiger charge is -2.08. The third-order valence-electron chi connectivity index (χ3n) is 3.00. The molecule has 4 nitrogen and oxygen atoms in total. The summed E-state index contributed by atoms with van der Waals surface area (Å²) in [7, 11) is -6.09. The van der Waals surface area contributed by atoms with Gasteiger partial charge in [-0.2, -0.15) is 26.3 Å². The fourth-order valence-electron chi connectivity index (χ4n) is 1.75. The highest BCUT2D eigenvalue weighted by atomic mass is 32.2. The molecule has 0 spiro atoms. The predicted octanol–water partition coefficient (Wildman–Crippen LogP) is 4.16. The molecule has 0 unspecified atom stereocenters. The molecule has 0 N–H and O–H groups in total. The molecule has 1 aliphatic heterocycles. The van der Waals surface area contributed by atoms with E-state index in [1.807, 2.05) is 47.4 Å². The molecule has 0 aliphatic carbocycles. The van der Waals surface area contributed by atoms with Gasteiger partial charge in [-0.3, -0.25) is 0 Å². The van der Waals surface area contributed by atoms with Crippen LogP contribution in [0, 0.1) is 0 Å². The maximum absolute atomic E-state index is 12.0. The van der Waals surface area contributed by atoms with Gasteiger partial charge in [-0.15, -0.1) is 0 Å². The first-order valence-electron chi connectivity index (χ1n) is 7.74. The summed E-state index contributed by atoms with van der Waals surface area (Å²) in [6.45, 7) is 0.0962. The first-order chi connectivity index (χ1) is 12.8. The van der Waals surface area contributed by atoms with Gasteiger partial charge in [0.15, 0.2) is 27.2 Å². The number of thioether (sulfide) groups is 1. The van der Waals surface area contributed by atoms with Crippen molar-refractivity contribution in [1.29, 1.82) is 0 Å². The molecule has 1 aromatic carbocycles. The fourth-order valence-corrected chi connectivity index (χ4v) is 4.32. The molecule has 0 radical (unpaired) electrons. The monoisotopic (exact) mass is 470 g/mol. The van der Waals surface area contributed by atoms with Crippen LogP contribution < -0.4 is 4.74 Å². The summed E-state index contributed by atoms with van der Waals surface area (Å²) in [6, 6.07) is 7.59. The standard InChI is InChI=1S/C14H16F3OS2.CHF3O3S/c15-14(16,17)7-1-8-18-12-5-3-11(4-6-12)13-19-9-2-10-20-13;2-1(3,4)8(5,6)7/h3-6H,1-2,7-10H2;(H,5,6,7)/q+1;/p-1. The molecule has 0 saturated carbocycles. The van der Waals surface area contributed by atoms with Crippen LogP contribution in [0.25, 0.3) is 0 Å². The van der Waals surface area contributed by atoms with Gasteiger partial charge in [0.2, 0.25) is 0 Å². The lowest BCUT2D eigenvalue weighted by atomic mass is 10.2. The zero-order valence-corrected chi connectivity index (χ0v) is 16.6. The van der Waals surface area contributed by atoms with Crippen molar-refractivity contribution in [3.8, 4) is 5.75 Å². The van der Waals surface area contributed by atoms with E-state index >= 15 is 0 Å². The van der Waals surface area contributed by atoms with Gasteiger partial charge in [0.05, 0.1) is 6.61 Å². The van der Waals surface area contributed by atoms with E-state index < -0.39 is 28.2 Å². The van der Waals surface area contributed by atoms with E-state index in [9.17, 15) is 26.3 Å². The number of hydrogen-bond donors (Lipinski definition) is 0. The van der Waals surface area contributed by atoms with Crippen molar-refractivity contribution >= 4 is 37.4 Å². The Hall–Kier alpha value is -1.05. The zero-order chi connectivity index (χ0) is 21.4. The second-order valence-electron chi connectivity index (χ2n) is 5.33. The van der Waals surface area contributed by atoms with Gasteiger partial charge < -0.3 is 9.29 Å². The van der Waals surface area contributed by atoms with E-state index in [4.69, 9.17) is 17.7 Å². The van der Waals surface area contributed by atoms with Gasteiger partial charge in [0.25, 0.3) is 4.20 Å². The number of ether oxygens (including phenoxy) is 1. The van der Waals surface area contributed by atoms with Crippen LogP contribution in [0.2, 0.25) is 0 Å². The van der Waals surface area contributed by atoms with Gasteiger partial charge in [-0.05, 0) is 30.7 Å². The van der Waals surface area contributed by atoms with Crippen molar-refractivity contribution in [2.45, 2.75) is 30.9 Å². The maximum atomic E-state index is 12.0. The Morgan fingerprint density at radius 2 is 1.68 bits per heavy atom.